The Morgan fingerprint density at radius 2 is 1.97 bits per heavy atom. The number of nitrogens with one attached hydrogen (secondary N) is 1. The quantitative estimate of drug-likeness (QED) is 0.350. The van der Waals surface area contributed by atoms with E-state index >= 15 is 0 Å². The second-order valence-corrected chi connectivity index (χ2v) is 9.20. The van der Waals surface area contributed by atoms with Gasteiger partial charge in [-0.05, 0) is 43.6 Å². The summed E-state index contributed by atoms with van der Waals surface area (Å²) in [6.45, 7) is 19.2. The maximum atomic E-state index is 13.2. The van der Waals surface area contributed by atoms with E-state index in [0.29, 0.717) is 23.0 Å². The van der Waals surface area contributed by atoms with Crippen LogP contribution in [0.25, 0.3) is 0 Å². The average molecular weight is 494 g/mol. The lowest BCUT2D eigenvalue weighted by Crippen LogP contribution is -2.52. The van der Waals surface area contributed by atoms with Crippen molar-refractivity contribution in [2.75, 3.05) is 6.54 Å². The summed E-state index contributed by atoms with van der Waals surface area (Å²) in [5, 5.41) is 3.79. The first-order valence-corrected chi connectivity index (χ1v) is 11.9. The molecule has 6 nitrogen and oxygen atoms in total. The SMILES string of the molecule is C=C/C(=C\C(=C)Cl)OC(=O)N1CC(C)N(C(C)=O)C(=C)/C1=C\C(=C)C1=C(NC2CC2)CC=CC=C1. The standard InChI is InChI=1S/C28H32ClN3O3/c1-7-24(16-19(3)29)35-28(34)31-17-20(4)32(22(6)33)21(5)27(31)15-18(2)25-11-9-8-10-12-26(25)30-23-13-14-23/h7-11,15-16,20,23,30H,1-3,5,12-14,17H2,4,6H3/b24-16+,27-15+. The maximum absolute atomic E-state index is 13.2. The summed E-state index contributed by atoms with van der Waals surface area (Å²) in [5.41, 5.74) is 3.53. The zero-order valence-electron chi connectivity index (χ0n) is 20.4. The van der Waals surface area contributed by atoms with Crippen molar-refractivity contribution in [1.82, 2.24) is 15.1 Å². The number of piperazine rings is 1. The molecule has 0 aromatic rings. The molecular formula is C28H32ClN3O3. The predicted molar refractivity (Wildman–Crippen MR) is 141 cm³/mol. The molecule has 3 aliphatic rings. The van der Waals surface area contributed by atoms with Crippen molar-refractivity contribution in [3.8, 4) is 0 Å². The number of ether oxygens (including phenoxy) is 1. The van der Waals surface area contributed by atoms with Gasteiger partial charge in [-0.25, -0.2) is 4.79 Å². The van der Waals surface area contributed by atoms with E-state index < -0.39 is 6.09 Å². The van der Waals surface area contributed by atoms with Crippen molar-refractivity contribution >= 4 is 23.6 Å². The van der Waals surface area contributed by atoms with Gasteiger partial charge in [-0.15, -0.1) is 0 Å². The van der Waals surface area contributed by atoms with Gasteiger partial charge in [0.2, 0.25) is 5.91 Å². The fourth-order valence-corrected chi connectivity index (χ4v) is 4.15. The summed E-state index contributed by atoms with van der Waals surface area (Å²) in [5.74, 6) is 0.00264. The Labute approximate surface area is 212 Å². The Morgan fingerprint density at radius 3 is 2.57 bits per heavy atom. The van der Waals surface area contributed by atoms with Crippen LogP contribution >= 0.6 is 11.6 Å². The normalized spacial score (nSPS) is 21.7. The summed E-state index contributed by atoms with van der Waals surface area (Å²) >= 11 is 5.84. The molecule has 1 aliphatic heterocycles. The van der Waals surface area contributed by atoms with E-state index in [1.54, 1.807) is 11.0 Å². The molecule has 1 unspecified atom stereocenters. The molecule has 0 aromatic heterocycles. The zero-order chi connectivity index (χ0) is 25.7. The maximum Gasteiger partial charge on any atom is 0.419 e. The summed E-state index contributed by atoms with van der Waals surface area (Å²) in [4.78, 5) is 28.7. The van der Waals surface area contributed by atoms with E-state index in [1.807, 2.05) is 25.2 Å². The lowest BCUT2D eigenvalue weighted by atomic mass is 10.00. The number of amides is 2. The van der Waals surface area contributed by atoms with Crippen LogP contribution in [-0.4, -0.2) is 40.4 Å². The van der Waals surface area contributed by atoms with E-state index in [0.717, 1.165) is 30.5 Å². The van der Waals surface area contributed by atoms with Gasteiger partial charge in [-0.2, -0.15) is 0 Å². The van der Waals surface area contributed by atoms with Crippen LogP contribution in [0, 0.1) is 0 Å². The third-order valence-electron chi connectivity index (χ3n) is 5.80. The smallest absolute Gasteiger partial charge is 0.410 e. The lowest BCUT2D eigenvalue weighted by Gasteiger charge is -2.42. The van der Waals surface area contributed by atoms with Crippen molar-refractivity contribution in [3.05, 3.63) is 108 Å². The van der Waals surface area contributed by atoms with Crippen molar-refractivity contribution in [1.29, 1.82) is 0 Å². The monoisotopic (exact) mass is 493 g/mol. The minimum absolute atomic E-state index is 0.161. The molecule has 0 aromatic carbocycles. The number of hydrogen-bond donors (Lipinski definition) is 1. The minimum atomic E-state index is -0.646. The third-order valence-corrected chi connectivity index (χ3v) is 5.91. The number of nitrogens with zero attached hydrogens (tertiary/aromatic N) is 2. The van der Waals surface area contributed by atoms with Crippen molar-refractivity contribution in [2.45, 2.75) is 45.2 Å². The topological polar surface area (TPSA) is 61.9 Å². The van der Waals surface area contributed by atoms with Crippen molar-refractivity contribution < 1.29 is 14.3 Å². The highest BCUT2D eigenvalue weighted by Gasteiger charge is 2.36. The number of allylic oxidation sites excluding steroid dienone is 10. The van der Waals surface area contributed by atoms with Crippen LogP contribution in [-0.2, 0) is 9.53 Å². The van der Waals surface area contributed by atoms with Gasteiger partial charge in [0.15, 0.2) is 0 Å². The Morgan fingerprint density at radius 1 is 1.26 bits per heavy atom. The van der Waals surface area contributed by atoms with Gasteiger partial charge in [-0.1, -0.05) is 62.2 Å². The third kappa shape index (κ3) is 6.55. The van der Waals surface area contributed by atoms with Crippen LogP contribution in [0.3, 0.4) is 0 Å². The van der Waals surface area contributed by atoms with Gasteiger partial charge in [0, 0.05) is 42.2 Å². The Bertz CT molecular complexity index is 1120. The average Bonchev–Trinajstić information content (AvgIpc) is 3.62. The first-order chi connectivity index (χ1) is 16.6. The Hall–Kier alpha value is -3.51. The van der Waals surface area contributed by atoms with Crippen LogP contribution < -0.4 is 5.32 Å². The van der Waals surface area contributed by atoms with E-state index in [9.17, 15) is 9.59 Å². The van der Waals surface area contributed by atoms with Gasteiger partial charge in [0.25, 0.3) is 0 Å². The molecule has 0 radical (unpaired) electrons. The molecule has 1 saturated heterocycles. The largest absolute Gasteiger partial charge is 0.419 e. The van der Waals surface area contributed by atoms with Crippen molar-refractivity contribution in [3.63, 3.8) is 0 Å². The number of carbonyl (C=O) groups excluding carboxylic acids is 2. The fraction of sp³-hybridized carbons (Fsp3) is 0.286. The van der Waals surface area contributed by atoms with Gasteiger partial charge >= 0.3 is 6.09 Å². The van der Waals surface area contributed by atoms with E-state index in [2.05, 4.69) is 37.7 Å². The van der Waals surface area contributed by atoms with Crippen LogP contribution in [0.2, 0.25) is 0 Å². The molecule has 0 spiro atoms. The fourth-order valence-electron chi connectivity index (χ4n) is 4.05. The van der Waals surface area contributed by atoms with Gasteiger partial charge in [-0.3, -0.25) is 9.69 Å². The molecule has 2 fully saturated rings. The number of carbonyl (C=O) groups is 2. The van der Waals surface area contributed by atoms with Crippen molar-refractivity contribution in [2.24, 2.45) is 0 Å². The molecule has 0 bridgehead atoms. The Balaban J connectivity index is 2.00. The highest BCUT2D eigenvalue weighted by Crippen LogP contribution is 2.32. The first kappa shape index (κ1) is 26.1. The van der Waals surface area contributed by atoms with Crippen LogP contribution in [0.4, 0.5) is 4.79 Å². The molecule has 35 heavy (non-hydrogen) atoms. The lowest BCUT2D eigenvalue weighted by molar-refractivity contribution is -0.129. The molecule has 2 amide bonds. The van der Waals surface area contributed by atoms with E-state index in [-0.39, 0.29) is 29.3 Å². The zero-order valence-corrected chi connectivity index (χ0v) is 21.1. The predicted octanol–water partition coefficient (Wildman–Crippen LogP) is 5.97. The summed E-state index contributed by atoms with van der Waals surface area (Å²) in [7, 11) is 0. The highest BCUT2D eigenvalue weighted by molar-refractivity contribution is 6.30. The highest BCUT2D eigenvalue weighted by atomic mass is 35.5. The summed E-state index contributed by atoms with van der Waals surface area (Å²) in [6, 6.07) is 0.178. The number of hydrogen-bond acceptors (Lipinski definition) is 4. The van der Waals surface area contributed by atoms with Crippen LogP contribution in [0.15, 0.2) is 108 Å². The van der Waals surface area contributed by atoms with Gasteiger partial charge < -0.3 is 15.0 Å². The Kier molecular flexibility index (Phi) is 8.41. The molecule has 3 rings (SSSR count). The summed E-state index contributed by atoms with van der Waals surface area (Å²) < 4.78 is 5.52. The molecular weight excluding hydrogens is 462 g/mol. The second kappa shape index (κ2) is 11.3. The molecule has 1 saturated carbocycles. The number of halogens is 1. The molecule has 2 aliphatic carbocycles. The summed E-state index contributed by atoms with van der Waals surface area (Å²) in [6.07, 6.45) is 15.0. The van der Waals surface area contributed by atoms with Crippen LogP contribution in [0.1, 0.15) is 33.1 Å². The second-order valence-electron chi connectivity index (χ2n) is 8.72. The van der Waals surface area contributed by atoms with Gasteiger partial charge in [0.1, 0.15) is 5.76 Å². The van der Waals surface area contributed by atoms with Crippen LogP contribution in [0.5, 0.6) is 0 Å². The van der Waals surface area contributed by atoms with Gasteiger partial charge in [0.05, 0.1) is 17.4 Å². The number of rotatable bonds is 7. The van der Waals surface area contributed by atoms with E-state index in [4.69, 9.17) is 16.3 Å². The molecule has 1 heterocycles. The van der Waals surface area contributed by atoms with E-state index in [1.165, 1.54) is 24.0 Å². The molecule has 184 valence electrons. The minimum Gasteiger partial charge on any atom is -0.410 e. The first-order valence-electron chi connectivity index (χ1n) is 11.5. The molecule has 1 N–H and O–H groups in total. The molecule has 7 heteroatoms. The molecule has 1 atom stereocenters.